The molecule has 0 spiro atoms. The lowest BCUT2D eigenvalue weighted by Gasteiger charge is -2.08. The lowest BCUT2D eigenvalue weighted by molar-refractivity contribution is 0.0951. The molecule has 194 valence electrons. The van der Waals surface area contributed by atoms with Crippen LogP contribution in [0.4, 0.5) is 5.82 Å². The van der Waals surface area contributed by atoms with Gasteiger partial charge in [-0.05, 0) is 29.8 Å². The molecule has 3 aromatic carbocycles. The Morgan fingerprint density at radius 2 is 1.55 bits per heavy atom. The van der Waals surface area contributed by atoms with Crippen molar-refractivity contribution in [3.05, 3.63) is 127 Å². The van der Waals surface area contributed by atoms with Gasteiger partial charge < -0.3 is 11.1 Å². The van der Waals surface area contributed by atoms with Crippen molar-refractivity contribution in [3.63, 3.8) is 0 Å². The molecule has 9 heteroatoms. The third-order valence-corrected chi connectivity index (χ3v) is 6.23. The Hall–Kier alpha value is -5.70. The van der Waals surface area contributed by atoms with Crippen LogP contribution in [-0.2, 0) is 6.54 Å². The Balaban J connectivity index is 1.34. The molecule has 0 aliphatic heterocycles. The van der Waals surface area contributed by atoms with E-state index in [1.807, 2.05) is 91.0 Å². The Labute approximate surface area is 230 Å². The average molecular weight is 525 g/mol. The molecule has 0 saturated carbocycles. The van der Waals surface area contributed by atoms with Crippen LogP contribution >= 0.6 is 0 Å². The number of pyridine rings is 1. The topological polar surface area (TPSA) is 124 Å². The van der Waals surface area contributed by atoms with E-state index in [4.69, 9.17) is 20.8 Å². The Morgan fingerprint density at radius 3 is 2.33 bits per heavy atom. The minimum atomic E-state index is -0.183. The first kappa shape index (κ1) is 24.6. The number of nitrogens with two attached hydrogens (primary N) is 1. The van der Waals surface area contributed by atoms with E-state index >= 15 is 0 Å². The van der Waals surface area contributed by atoms with Gasteiger partial charge in [0.2, 0.25) is 5.82 Å². The summed E-state index contributed by atoms with van der Waals surface area (Å²) in [4.78, 5) is 31.2. The molecule has 40 heavy (non-hydrogen) atoms. The highest BCUT2D eigenvalue weighted by atomic mass is 16.1. The summed E-state index contributed by atoms with van der Waals surface area (Å²) in [6.07, 6.45) is 3.27. The molecule has 0 saturated heterocycles. The molecule has 9 nitrogen and oxygen atoms in total. The molecule has 0 aliphatic carbocycles. The van der Waals surface area contributed by atoms with Gasteiger partial charge in [0.25, 0.3) is 5.91 Å². The number of anilines is 1. The van der Waals surface area contributed by atoms with Crippen LogP contribution in [0.25, 0.3) is 40.0 Å². The van der Waals surface area contributed by atoms with Crippen molar-refractivity contribution in [3.8, 4) is 40.0 Å². The second-order valence-corrected chi connectivity index (χ2v) is 8.96. The largest absolute Gasteiger partial charge is 0.382 e. The number of hydrogen-bond donors (Lipinski definition) is 2. The van der Waals surface area contributed by atoms with E-state index < -0.39 is 0 Å². The van der Waals surface area contributed by atoms with Crippen molar-refractivity contribution >= 4 is 11.7 Å². The maximum atomic E-state index is 12.9. The standard InChI is InChI=1S/C31H24N8O/c32-28-27(29-37-30(22-12-5-2-6-13-22)39(38-29)26-16-7-8-17-33-26)36-25(20-34-28)23-14-9-15-24(18-23)31(40)35-19-21-10-3-1-4-11-21/h1-18,20H,19H2,(H2,32,34)(H,35,40). The minimum absolute atomic E-state index is 0.183. The number of benzene rings is 3. The van der Waals surface area contributed by atoms with Gasteiger partial charge in [0.1, 0.15) is 0 Å². The number of rotatable bonds is 7. The second kappa shape index (κ2) is 11.0. The zero-order valence-electron chi connectivity index (χ0n) is 21.3. The van der Waals surface area contributed by atoms with Crippen LogP contribution in [0.2, 0.25) is 0 Å². The molecule has 0 aliphatic rings. The highest BCUT2D eigenvalue weighted by Gasteiger charge is 2.20. The van der Waals surface area contributed by atoms with Gasteiger partial charge in [-0.3, -0.25) is 4.79 Å². The van der Waals surface area contributed by atoms with Crippen molar-refractivity contribution < 1.29 is 4.79 Å². The number of amides is 1. The molecule has 6 aromatic rings. The molecule has 0 atom stereocenters. The molecule has 3 aromatic heterocycles. The SMILES string of the molecule is Nc1ncc(-c2cccc(C(=O)NCc3ccccc3)c2)nc1-c1nc(-c2ccccc2)n(-c2ccccn2)n1. The lowest BCUT2D eigenvalue weighted by Crippen LogP contribution is -2.22. The van der Waals surface area contributed by atoms with Crippen molar-refractivity contribution in [2.45, 2.75) is 6.54 Å². The Bertz CT molecular complexity index is 1710. The van der Waals surface area contributed by atoms with Crippen molar-refractivity contribution in [2.24, 2.45) is 0 Å². The molecule has 0 bridgehead atoms. The third kappa shape index (κ3) is 5.16. The normalized spacial score (nSPS) is 10.8. The van der Waals surface area contributed by atoms with Crippen molar-refractivity contribution in [2.75, 3.05) is 5.73 Å². The first-order valence-electron chi connectivity index (χ1n) is 12.6. The summed E-state index contributed by atoms with van der Waals surface area (Å²) in [7, 11) is 0. The monoisotopic (exact) mass is 524 g/mol. The average Bonchev–Trinajstić information content (AvgIpc) is 3.47. The highest BCUT2D eigenvalue weighted by Crippen LogP contribution is 2.28. The summed E-state index contributed by atoms with van der Waals surface area (Å²) in [5.74, 6) is 1.53. The summed E-state index contributed by atoms with van der Waals surface area (Å²) in [5.41, 5.74) is 10.3. The first-order valence-corrected chi connectivity index (χ1v) is 12.6. The zero-order chi connectivity index (χ0) is 27.3. The van der Waals surface area contributed by atoms with Crippen LogP contribution in [-0.4, -0.2) is 35.6 Å². The van der Waals surface area contributed by atoms with Crippen LogP contribution in [0.1, 0.15) is 15.9 Å². The van der Waals surface area contributed by atoms with Gasteiger partial charge in [0.15, 0.2) is 23.2 Å². The van der Waals surface area contributed by atoms with E-state index in [-0.39, 0.29) is 11.7 Å². The van der Waals surface area contributed by atoms with Crippen LogP contribution in [0.3, 0.4) is 0 Å². The number of nitrogens with zero attached hydrogens (tertiary/aromatic N) is 6. The van der Waals surface area contributed by atoms with Gasteiger partial charge in [-0.2, -0.15) is 4.68 Å². The highest BCUT2D eigenvalue weighted by molar-refractivity contribution is 5.95. The number of carbonyl (C=O) groups excluding carboxylic acids is 1. The van der Waals surface area contributed by atoms with Gasteiger partial charge in [0.05, 0.1) is 11.9 Å². The van der Waals surface area contributed by atoms with Crippen LogP contribution < -0.4 is 11.1 Å². The maximum absolute atomic E-state index is 12.9. The van der Waals surface area contributed by atoms with E-state index in [2.05, 4.69) is 15.3 Å². The Morgan fingerprint density at radius 1 is 0.800 bits per heavy atom. The second-order valence-electron chi connectivity index (χ2n) is 8.96. The smallest absolute Gasteiger partial charge is 0.251 e. The summed E-state index contributed by atoms with van der Waals surface area (Å²) in [5, 5.41) is 7.67. The molecular formula is C31H24N8O. The third-order valence-electron chi connectivity index (χ3n) is 6.23. The summed E-state index contributed by atoms with van der Waals surface area (Å²) in [6.45, 7) is 0.435. The number of carbonyl (C=O) groups is 1. The van der Waals surface area contributed by atoms with E-state index in [0.29, 0.717) is 46.5 Å². The minimum Gasteiger partial charge on any atom is -0.382 e. The van der Waals surface area contributed by atoms with Crippen LogP contribution in [0.5, 0.6) is 0 Å². The predicted octanol–water partition coefficient (Wildman–Crippen LogP) is 4.97. The fraction of sp³-hybridized carbons (Fsp3) is 0.0323. The Kier molecular flexibility index (Phi) is 6.75. The number of nitrogen functional groups attached to an aromatic ring is 1. The maximum Gasteiger partial charge on any atom is 0.251 e. The summed E-state index contributed by atoms with van der Waals surface area (Å²) in [6, 6.07) is 32.3. The number of nitrogens with one attached hydrogen (secondary N) is 1. The first-order chi connectivity index (χ1) is 19.7. The molecule has 1 amide bonds. The van der Waals surface area contributed by atoms with Gasteiger partial charge in [0, 0.05) is 29.4 Å². The van der Waals surface area contributed by atoms with E-state index in [9.17, 15) is 4.79 Å². The fourth-order valence-corrected chi connectivity index (χ4v) is 4.23. The summed E-state index contributed by atoms with van der Waals surface area (Å²) < 4.78 is 1.66. The molecular weight excluding hydrogens is 500 g/mol. The number of hydrogen-bond acceptors (Lipinski definition) is 7. The molecule has 0 fully saturated rings. The molecule has 0 unspecified atom stereocenters. The summed E-state index contributed by atoms with van der Waals surface area (Å²) >= 11 is 0. The van der Waals surface area contributed by atoms with Crippen LogP contribution in [0, 0.1) is 0 Å². The molecule has 3 N–H and O–H groups in total. The van der Waals surface area contributed by atoms with Crippen molar-refractivity contribution in [1.82, 2.24) is 35.0 Å². The van der Waals surface area contributed by atoms with Crippen LogP contribution in [0.15, 0.2) is 116 Å². The van der Waals surface area contributed by atoms with Gasteiger partial charge in [-0.1, -0.05) is 78.9 Å². The fourth-order valence-electron chi connectivity index (χ4n) is 4.23. The van der Waals surface area contributed by atoms with E-state index in [1.165, 1.54) is 0 Å². The van der Waals surface area contributed by atoms with Gasteiger partial charge in [-0.15, -0.1) is 5.10 Å². The van der Waals surface area contributed by atoms with Crippen molar-refractivity contribution in [1.29, 1.82) is 0 Å². The number of aromatic nitrogens is 6. The predicted molar refractivity (Wildman–Crippen MR) is 153 cm³/mol. The molecule has 0 radical (unpaired) electrons. The van der Waals surface area contributed by atoms with E-state index in [0.717, 1.165) is 11.1 Å². The molecule has 3 heterocycles. The van der Waals surface area contributed by atoms with Gasteiger partial charge >= 0.3 is 0 Å². The molecule has 6 rings (SSSR count). The van der Waals surface area contributed by atoms with Gasteiger partial charge in [-0.25, -0.2) is 19.9 Å². The zero-order valence-corrected chi connectivity index (χ0v) is 21.3. The van der Waals surface area contributed by atoms with E-state index in [1.54, 1.807) is 29.2 Å². The quantitative estimate of drug-likeness (QED) is 0.302. The lowest BCUT2D eigenvalue weighted by atomic mass is 10.1.